The summed E-state index contributed by atoms with van der Waals surface area (Å²) in [5.41, 5.74) is 0.649. The van der Waals surface area contributed by atoms with Crippen molar-refractivity contribution in [2.75, 3.05) is 33.4 Å². The number of carbonyl (C=O) groups excluding carboxylic acids is 1. The molecule has 1 aromatic carbocycles. The maximum atomic E-state index is 12.0. The molecule has 1 aliphatic carbocycles. The van der Waals surface area contributed by atoms with Crippen LogP contribution >= 0.6 is 0 Å². The summed E-state index contributed by atoms with van der Waals surface area (Å²) in [4.78, 5) is 17.5. The molecule has 0 atom stereocenters. The molecule has 0 unspecified atom stereocenters. The van der Waals surface area contributed by atoms with Crippen molar-refractivity contribution in [2.45, 2.75) is 32.2 Å². The number of hydroxylamine groups is 2. The van der Waals surface area contributed by atoms with Crippen LogP contribution in [-0.4, -0.2) is 55.5 Å². The Hall–Kier alpha value is -1.05. The molecule has 153 valence electrons. The van der Waals surface area contributed by atoms with Gasteiger partial charge in [0.2, 0.25) is 0 Å². The van der Waals surface area contributed by atoms with E-state index >= 15 is 0 Å². The molecule has 1 aliphatic heterocycles. The van der Waals surface area contributed by atoms with Gasteiger partial charge in [-0.2, -0.15) is 7.05 Å². The van der Waals surface area contributed by atoms with Gasteiger partial charge in [0.05, 0.1) is 12.2 Å². The van der Waals surface area contributed by atoms with E-state index in [4.69, 9.17) is 9.94 Å². The van der Waals surface area contributed by atoms with E-state index in [1.165, 1.54) is 6.42 Å². The summed E-state index contributed by atoms with van der Waals surface area (Å²) < 4.78 is 0. The third kappa shape index (κ3) is 12.4. The third-order valence-corrected chi connectivity index (χ3v) is 3.83. The molecule has 6 nitrogen and oxygen atoms in total. The van der Waals surface area contributed by atoms with Crippen LogP contribution < -0.4 is 5.32 Å². The number of aliphatic hydroxyl groups excluding tert-OH is 1. The van der Waals surface area contributed by atoms with Gasteiger partial charge in [0.15, 0.2) is 0 Å². The van der Waals surface area contributed by atoms with Crippen LogP contribution in [0.2, 0.25) is 0 Å². The predicted octanol–water partition coefficient (Wildman–Crippen LogP) is 3.03. The summed E-state index contributed by atoms with van der Waals surface area (Å²) in [6.45, 7) is 3.77. The second-order valence-corrected chi connectivity index (χ2v) is 6.04. The standard InChI is InChI=1S/C13H20N3O2.C6H6.C2H6O.Y/c1-14-7-8-16-10-11(4-3-9-18-16)13(17)15-12-5-2-6-12;1-2-4-6-5-3-1;1-2-3;/h3-4,10,12H,2,5-9H2,1H3,(H,15,17);1-6H;3H,2H2,1H3;/q-1;;;. The summed E-state index contributed by atoms with van der Waals surface area (Å²) in [6, 6.07) is 12.4. The molecule has 28 heavy (non-hydrogen) atoms. The van der Waals surface area contributed by atoms with E-state index in [9.17, 15) is 4.79 Å². The summed E-state index contributed by atoms with van der Waals surface area (Å²) in [7, 11) is 1.77. The van der Waals surface area contributed by atoms with Crippen molar-refractivity contribution in [3.05, 3.63) is 65.6 Å². The molecule has 2 N–H and O–H groups in total. The average molecular weight is 463 g/mol. The van der Waals surface area contributed by atoms with Crippen molar-refractivity contribution < 1.29 is 47.4 Å². The van der Waals surface area contributed by atoms with Crippen LogP contribution in [0.3, 0.4) is 0 Å². The number of likely N-dealkylation sites (N-methyl/N-ethyl adjacent to an activating group) is 1. The van der Waals surface area contributed by atoms with Crippen LogP contribution in [-0.2, 0) is 42.3 Å². The zero-order valence-corrected chi connectivity index (χ0v) is 19.8. The monoisotopic (exact) mass is 463 g/mol. The van der Waals surface area contributed by atoms with Crippen LogP contribution in [0.15, 0.2) is 60.3 Å². The molecule has 3 rings (SSSR count). The van der Waals surface area contributed by atoms with Crippen molar-refractivity contribution in [3.63, 3.8) is 0 Å². The number of nitrogens with zero attached hydrogens (tertiary/aromatic N) is 2. The fraction of sp³-hybridized carbons (Fsp3) is 0.476. The van der Waals surface area contributed by atoms with Gasteiger partial charge in [-0.05, 0) is 32.3 Å². The SMILES string of the molecule is CCO.C[N-]CCN1C=C(C(=O)NC2CCC2)C=CCO1.[Y].c1ccccc1. The zero-order valence-electron chi connectivity index (χ0n) is 17.0. The number of rotatable bonds is 5. The zero-order chi connectivity index (χ0) is 19.7. The van der Waals surface area contributed by atoms with Crippen LogP contribution in [0.5, 0.6) is 0 Å². The summed E-state index contributed by atoms with van der Waals surface area (Å²) in [5.74, 6) is -0.0140. The van der Waals surface area contributed by atoms with E-state index in [0.717, 1.165) is 12.8 Å². The number of nitrogens with one attached hydrogen (secondary N) is 1. The summed E-state index contributed by atoms with van der Waals surface area (Å²) >= 11 is 0. The van der Waals surface area contributed by atoms with E-state index in [1.807, 2.05) is 48.6 Å². The average Bonchev–Trinajstić information content (AvgIpc) is 2.91. The topological polar surface area (TPSA) is 75.9 Å². The van der Waals surface area contributed by atoms with Gasteiger partial charge in [-0.25, -0.2) is 0 Å². The molecule has 1 amide bonds. The van der Waals surface area contributed by atoms with Gasteiger partial charge in [0.1, 0.15) is 0 Å². The van der Waals surface area contributed by atoms with Crippen molar-refractivity contribution in [1.29, 1.82) is 0 Å². The minimum absolute atomic E-state index is 0. The summed E-state index contributed by atoms with van der Waals surface area (Å²) in [5, 5.41) is 16.3. The Balaban J connectivity index is 0.000000608. The molecular weight excluding hydrogens is 431 g/mol. The van der Waals surface area contributed by atoms with E-state index in [-0.39, 0.29) is 45.2 Å². The Labute approximate surface area is 194 Å². The number of amides is 1. The third-order valence-electron chi connectivity index (χ3n) is 3.83. The first-order chi connectivity index (χ1) is 13.2. The van der Waals surface area contributed by atoms with Crippen molar-refractivity contribution >= 4 is 5.91 Å². The number of hydrogen-bond acceptors (Lipinski definition) is 4. The molecule has 1 radical (unpaired) electrons. The Kier molecular flexibility index (Phi) is 17.3. The van der Waals surface area contributed by atoms with Crippen molar-refractivity contribution in [2.24, 2.45) is 0 Å². The Morgan fingerprint density at radius 2 is 1.82 bits per heavy atom. The van der Waals surface area contributed by atoms with Gasteiger partial charge in [0, 0.05) is 58.1 Å². The van der Waals surface area contributed by atoms with E-state index in [1.54, 1.807) is 25.2 Å². The normalized spacial score (nSPS) is 15.2. The van der Waals surface area contributed by atoms with Gasteiger partial charge in [-0.3, -0.25) is 14.7 Å². The van der Waals surface area contributed by atoms with E-state index < -0.39 is 0 Å². The molecule has 1 fully saturated rings. The molecule has 1 aromatic rings. The first kappa shape index (κ1) is 27.0. The first-order valence-electron chi connectivity index (χ1n) is 9.46. The molecule has 1 heterocycles. The van der Waals surface area contributed by atoms with Crippen LogP contribution in [0, 0.1) is 0 Å². The number of carbonyl (C=O) groups is 1. The van der Waals surface area contributed by atoms with Gasteiger partial charge in [0.25, 0.3) is 5.91 Å². The van der Waals surface area contributed by atoms with Gasteiger partial charge in [-0.15, -0.1) is 6.54 Å². The van der Waals surface area contributed by atoms with E-state index in [0.29, 0.717) is 31.3 Å². The summed E-state index contributed by atoms with van der Waals surface area (Å²) in [6.07, 6.45) is 8.83. The molecule has 0 saturated heterocycles. The maximum absolute atomic E-state index is 12.0. The molecule has 7 heteroatoms. The van der Waals surface area contributed by atoms with Crippen LogP contribution in [0.1, 0.15) is 26.2 Å². The molecule has 0 spiro atoms. The first-order valence-corrected chi connectivity index (χ1v) is 9.46. The number of aliphatic hydroxyl groups is 1. The van der Waals surface area contributed by atoms with Crippen LogP contribution in [0.4, 0.5) is 0 Å². The minimum atomic E-state index is -0.0140. The Bertz CT molecular complexity index is 537. The molecular formula is C21H32N3O3Y-. The van der Waals surface area contributed by atoms with Gasteiger partial charge in [-0.1, -0.05) is 42.5 Å². The molecule has 1 saturated carbocycles. The Morgan fingerprint density at radius 1 is 1.25 bits per heavy atom. The largest absolute Gasteiger partial charge is 0.664 e. The second kappa shape index (κ2) is 18.0. The fourth-order valence-electron chi connectivity index (χ4n) is 2.22. The molecule has 0 bridgehead atoms. The van der Waals surface area contributed by atoms with Gasteiger partial charge >= 0.3 is 0 Å². The molecule has 2 aliphatic rings. The molecule has 0 aromatic heterocycles. The number of hydrogen-bond donors (Lipinski definition) is 2. The minimum Gasteiger partial charge on any atom is -0.664 e. The van der Waals surface area contributed by atoms with E-state index in [2.05, 4.69) is 10.6 Å². The smallest absolute Gasteiger partial charge is 0.253 e. The number of benzene rings is 1. The predicted molar refractivity (Wildman–Crippen MR) is 109 cm³/mol. The quantitative estimate of drug-likeness (QED) is 0.704. The second-order valence-electron chi connectivity index (χ2n) is 6.04. The fourth-order valence-corrected chi connectivity index (χ4v) is 2.22. The van der Waals surface area contributed by atoms with Crippen molar-refractivity contribution in [1.82, 2.24) is 10.4 Å². The Morgan fingerprint density at radius 3 is 2.29 bits per heavy atom. The maximum Gasteiger partial charge on any atom is 0.253 e. The van der Waals surface area contributed by atoms with Crippen molar-refractivity contribution in [3.8, 4) is 0 Å². The van der Waals surface area contributed by atoms with Crippen LogP contribution in [0.25, 0.3) is 5.32 Å². The van der Waals surface area contributed by atoms with Gasteiger partial charge < -0.3 is 15.7 Å².